The number of hydrogen-bond acceptors (Lipinski definition) is 8. The van der Waals surface area contributed by atoms with Gasteiger partial charge >= 0.3 is 0 Å². The first kappa shape index (κ1) is 16.7. The molecular formula is C18H18N6O2S. The minimum absolute atomic E-state index is 0.0524. The number of nitrogens with zero attached hydrogens (tertiary/aromatic N) is 5. The van der Waals surface area contributed by atoms with E-state index in [9.17, 15) is 4.79 Å². The summed E-state index contributed by atoms with van der Waals surface area (Å²) in [5.41, 5.74) is 0.768. The Morgan fingerprint density at radius 3 is 2.93 bits per heavy atom. The van der Waals surface area contributed by atoms with Crippen molar-refractivity contribution >= 4 is 33.8 Å². The number of nitrogens with one attached hydrogen (secondary N) is 1. The van der Waals surface area contributed by atoms with Crippen LogP contribution in [0, 0.1) is 6.92 Å². The van der Waals surface area contributed by atoms with Gasteiger partial charge in [0.15, 0.2) is 5.01 Å². The second-order valence-electron chi connectivity index (χ2n) is 6.93. The number of anilines is 1. The lowest BCUT2D eigenvalue weighted by molar-refractivity contribution is -0.118. The van der Waals surface area contributed by atoms with E-state index in [1.54, 1.807) is 12.4 Å². The van der Waals surface area contributed by atoms with E-state index in [1.807, 2.05) is 19.1 Å². The zero-order valence-electron chi connectivity index (χ0n) is 14.8. The van der Waals surface area contributed by atoms with E-state index >= 15 is 0 Å². The highest BCUT2D eigenvalue weighted by atomic mass is 32.1. The maximum Gasteiger partial charge on any atom is 0.239 e. The summed E-state index contributed by atoms with van der Waals surface area (Å²) in [5, 5.41) is 14.6. The summed E-state index contributed by atoms with van der Waals surface area (Å²) >= 11 is 1.50. The second-order valence-corrected chi connectivity index (χ2v) is 8.12. The van der Waals surface area contributed by atoms with Gasteiger partial charge in [0.05, 0.1) is 19.3 Å². The molecular weight excluding hydrogens is 364 g/mol. The van der Waals surface area contributed by atoms with Gasteiger partial charge in [-0.05, 0) is 30.9 Å². The van der Waals surface area contributed by atoms with E-state index < -0.39 is 0 Å². The van der Waals surface area contributed by atoms with Crippen molar-refractivity contribution < 1.29 is 9.53 Å². The monoisotopic (exact) mass is 382 g/mol. The fraction of sp³-hybridized carbons (Fsp3) is 0.389. The van der Waals surface area contributed by atoms with Crippen LogP contribution in [-0.4, -0.2) is 62.8 Å². The van der Waals surface area contributed by atoms with Crippen LogP contribution in [0.25, 0.3) is 21.5 Å². The molecule has 2 aliphatic heterocycles. The third-order valence-electron chi connectivity index (χ3n) is 4.98. The fourth-order valence-corrected chi connectivity index (χ4v) is 4.32. The van der Waals surface area contributed by atoms with E-state index in [4.69, 9.17) is 4.74 Å². The molecule has 3 aromatic rings. The Kier molecular flexibility index (Phi) is 4.07. The quantitative estimate of drug-likeness (QED) is 0.736. The Bertz CT molecular complexity index is 1020. The molecule has 1 N–H and O–H groups in total. The highest BCUT2D eigenvalue weighted by Gasteiger charge is 2.39. The summed E-state index contributed by atoms with van der Waals surface area (Å²) < 4.78 is 5.58. The molecule has 27 heavy (non-hydrogen) atoms. The largest absolute Gasteiger partial charge is 0.375 e. The van der Waals surface area contributed by atoms with Crippen LogP contribution < -0.4 is 5.32 Å². The number of rotatable bonds is 4. The molecule has 2 bridgehead atoms. The van der Waals surface area contributed by atoms with E-state index in [-0.39, 0.29) is 12.0 Å². The Hall–Kier alpha value is -2.49. The molecule has 0 unspecified atom stereocenters. The number of carbonyl (C=O) groups excluding carboxylic acids is 1. The van der Waals surface area contributed by atoms with Gasteiger partial charge < -0.3 is 10.1 Å². The molecule has 5 heterocycles. The maximum atomic E-state index is 12.4. The minimum atomic E-state index is -0.0524. The van der Waals surface area contributed by atoms with Crippen LogP contribution in [0.15, 0.2) is 24.5 Å². The summed E-state index contributed by atoms with van der Waals surface area (Å²) in [7, 11) is 0. The van der Waals surface area contributed by atoms with Crippen LogP contribution >= 0.6 is 11.3 Å². The first-order valence-electron chi connectivity index (χ1n) is 8.86. The lowest BCUT2D eigenvalue weighted by Gasteiger charge is -2.25. The number of hydrogen-bond donors (Lipinski definition) is 1. The van der Waals surface area contributed by atoms with Gasteiger partial charge in [0, 0.05) is 30.4 Å². The molecule has 138 valence electrons. The number of amides is 1. The zero-order chi connectivity index (χ0) is 18.4. The van der Waals surface area contributed by atoms with Crippen molar-refractivity contribution in [1.82, 2.24) is 25.1 Å². The molecule has 0 spiro atoms. The predicted molar refractivity (Wildman–Crippen MR) is 102 cm³/mol. The zero-order valence-corrected chi connectivity index (χ0v) is 15.6. The highest BCUT2D eigenvalue weighted by molar-refractivity contribution is 7.14. The topological polar surface area (TPSA) is 93.1 Å². The SMILES string of the molecule is Cc1nnc(-c2cc3cc(NC(=O)CN4C[C@@H]5C[C@H]4CO5)ncc3cn2)s1. The fourth-order valence-electron chi connectivity index (χ4n) is 3.66. The molecule has 2 saturated heterocycles. The molecule has 0 radical (unpaired) electrons. The number of aryl methyl sites for hydroxylation is 1. The van der Waals surface area contributed by atoms with Gasteiger partial charge in [0.2, 0.25) is 5.91 Å². The number of pyridine rings is 2. The molecule has 0 saturated carbocycles. The Balaban J connectivity index is 1.33. The third kappa shape index (κ3) is 3.29. The lowest BCUT2D eigenvalue weighted by atomic mass is 10.2. The number of likely N-dealkylation sites (tertiary alicyclic amines) is 1. The molecule has 5 rings (SSSR count). The van der Waals surface area contributed by atoms with Crippen LogP contribution in [-0.2, 0) is 9.53 Å². The highest BCUT2D eigenvalue weighted by Crippen LogP contribution is 2.28. The summed E-state index contributed by atoms with van der Waals surface area (Å²) in [6, 6.07) is 4.18. The van der Waals surface area contributed by atoms with Gasteiger partial charge in [0.1, 0.15) is 16.5 Å². The van der Waals surface area contributed by atoms with Gasteiger partial charge in [-0.1, -0.05) is 11.3 Å². The molecule has 0 aliphatic carbocycles. The van der Waals surface area contributed by atoms with Crippen molar-refractivity contribution in [2.75, 3.05) is 25.0 Å². The predicted octanol–water partition coefficient (Wildman–Crippen LogP) is 1.87. The number of fused-ring (bicyclic) bond motifs is 3. The van der Waals surface area contributed by atoms with Crippen LogP contribution in [0.1, 0.15) is 11.4 Å². The van der Waals surface area contributed by atoms with Crippen molar-refractivity contribution in [1.29, 1.82) is 0 Å². The lowest BCUT2D eigenvalue weighted by Crippen LogP contribution is -2.41. The minimum Gasteiger partial charge on any atom is -0.375 e. The van der Waals surface area contributed by atoms with Crippen molar-refractivity contribution in [3.63, 3.8) is 0 Å². The standard InChI is InChI=1S/C18H18N6O2S/c1-10-22-23-18(27-10)15-2-11-3-16(20-6-12(11)5-19-15)21-17(25)8-24-7-14-4-13(24)9-26-14/h2-3,5-6,13-14H,4,7-9H2,1H3,(H,20,21,25)/t13-,14-/m0/s1. The number of aromatic nitrogens is 4. The van der Waals surface area contributed by atoms with E-state index in [0.717, 1.165) is 46.1 Å². The summed E-state index contributed by atoms with van der Waals surface area (Å²) in [6.45, 7) is 3.85. The number of morpholine rings is 1. The van der Waals surface area contributed by atoms with Crippen molar-refractivity contribution in [3.8, 4) is 10.7 Å². The van der Waals surface area contributed by atoms with Gasteiger partial charge in [-0.25, -0.2) is 4.98 Å². The third-order valence-corrected chi connectivity index (χ3v) is 5.84. The van der Waals surface area contributed by atoms with Gasteiger partial charge in [0.25, 0.3) is 0 Å². The Morgan fingerprint density at radius 1 is 1.30 bits per heavy atom. The van der Waals surface area contributed by atoms with Crippen molar-refractivity contribution in [2.24, 2.45) is 0 Å². The maximum absolute atomic E-state index is 12.4. The summed E-state index contributed by atoms with van der Waals surface area (Å²) in [5.74, 6) is 0.488. The first-order chi connectivity index (χ1) is 13.1. The van der Waals surface area contributed by atoms with Crippen molar-refractivity contribution in [3.05, 3.63) is 29.5 Å². The van der Waals surface area contributed by atoms with E-state index in [2.05, 4.69) is 30.4 Å². The van der Waals surface area contributed by atoms with Gasteiger partial charge in [-0.15, -0.1) is 10.2 Å². The molecule has 2 fully saturated rings. The number of carbonyl (C=O) groups is 1. The van der Waals surface area contributed by atoms with Crippen LogP contribution in [0.3, 0.4) is 0 Å². The van der Waals surface area contributed by atoms with Gasteiger partial charge in [-0.3, -0.25) is 14.7 Å². The molecule has 1 amide bonds. The van der Waals surface area contributed by atoms with Crippen molar-refractivity contribution in [2.45, 2.75) is 25.5 Å². The van der Waals surface area contributed by atoms with E-state index in [0.29, 0.717) is 18.4 Å². The molecule has 0 aromatic carbocycles. The van der Waals surface area contributed by atoms with Crippen LogP contribution in [0.4, 0.5) is 5.82 Å². The molecule has 9 heteroatoms. The first-order valence-corrected chi connectivity index (χ1v) is 9.67. The summed E-state index contributed by atoms with van der Waals surface area (Å²) in [4.78, 5) is 23.4. The van der Waals surface area contributed by atoms with Gasteiger partial charge in [-0.2, -0.15) is 0 Å². The Labute approximate surface area is 159 Å². The average Bonchev–Trinajstić information content (AvgIpc) is 3.38. The normalized spacial score (nSPS) is 21.8. The smallest absolute Gasteiger partial charge is 0.239 e. The van der Waals surface area contributed by atoms with Crippen LogP contribution in [0.5, 0.6) is 0 Å². The molecule has 2 aliphatic rings. The Morgan fingerprint density at radius 2 is 2.19 bits per heavy atom. The molecule has 8 nitrogen and oxygen atoms in total. The average molecular weight is 382 g/mol. The summed E-state index contributed by atoms with van der Waals surface area (Å²) in [6.07, 6.45) is 4.80. The molecule has 2 atom stereocenters. The number of ether oxygens (including phenoxy) is 1. The van der Waals surface area contributed by atoms with Crippen LogP contribution in [0.2, 0.25) is 0 Å². The van der Waals surface area contributed by atoms with E-state index in [1.165, 1.54) is 11.3 Å². The molecule has 3 aromatic heterocycles. The second kappa shape index (κ2) is 6.59.